The summed E-state index contributed by atoms with van der Waals surface area (Å²) in [5.41, 5.74) is 1.54. The van der Waals surface area contributed by atoms with Crippen LogP contribution in [0.25, 0.3) is 11.3 Å². The number of hydrogen-bond donors (Lipinski definition) is 2. The van der Waals surface area contributed by atoms with Gasteiger partial charge in [-0.1, -0.05) is 6.42 Å². The molecule has 2 N–H and O–H groups in total. The zero-order valence-corrected chi connectivity index (χ0v) is 9.99. The first-order chi connectivity index (χ1) is 8.83. The summed E-state index contributed by atoms with van der Waals surface area (Å²) >= 11 is 0. The molecule has 0 radical (unpaired) electrons. The van der Waals surface area contributed by atoms with Crippen molar-refractivity contribution in [3.63, 3.8) is 0 Å². The molecule has 3 rings (SSSR count). The fourth-order valence-electron chi connectivity index (χ4n) is 2.30. The molecular formula is C13H15FN4. The van der Waals surface area contributed by atoms with Gasteiger partial charge in [0.15, 0.2) is 0 Å². The summed E-state index contributed by atoms with van der Waals surface area (Å²) in [6.45, 7) is 1.03. The molecule has 5 heteroatoms. The molecule has 1 aliphatic heterocycles. The summed E-state index contributed by atoms with van der Waals surface area (Å²) in [6, 6.07) is 1.74. The highest BCUT2D eigenvalue weighted by molar-refractivity contribution is 5.57. The number of H-pyrrole nitrogens is 1. The van der Waals surface area contributed by atoms with Crippen LogP contribution >= 0.6 is 0 Å². The van der Waals surface area contributed by atoms with Crippen molar-refractivity contribution in [3.05, 3.63) is 36.3 Å². The summed E-state index contributed by atoms with van der Waals surface area (Å²) in [4.78, 5) is 11.5. The van der Waals surface area contributed by atoms with E-state index in [1.807, 2.05) is 0 Å². The molecule has 2 aromatic heterocycles. The van der Waals surface area contributed by atoms with E-state index in [1.54, 1.807) is 12.4 Å². The van der Waals surface area contributed by atoms with Gasteiger partial charge in [0.25, 0.3) is 0 Å². The van der Waals surface area contributed by atoms with E-state index in [4.69, 9.17) is 0 Å². The average molecular weight is 246 g/mol. The topological polar surface area (TPSA) is 53.6 Å². The molecule has 1 unspecified atom stereocenters. The molecule has 0 bridgehead atoms. The second-order valence-corrected chi connectivity index (χ2v) is 4.58. The predicted molar refractivity (Wildman–Crippen MR) is 66.4 cm³/mol. The van der Waals surface area contributed by atoms with Gasteiger partial charge in [-0.25, -0.2) is 9.37 Å². The Labute approximate surface area is 105 Å². The van der Waals surface area contributed by atoms with Crippen LogP contribution < -0.4 is 5.32 Å². The molecule has 94 valence electrons. The summed E-state index contributed by atoms with van der Waals surface area (Å²) in [5.74, 6) is 0.591. The van der Waals surface area contributed by atoms with Gasteiger partial charge in [-0.2, -0.15) is 0 Å². The minimum absolute atomic E-state index is 0.286. The van der Waals surface area contributed by atoms with E-state index in [9.17, 15) is 4.39 Å². The second kappa shape index (κ2) is 4.86. The van der Waals surface area contributed by atoms with Gasteiger partial charge < -0.3 is 10.3 Å². The number of aromatic nitrogens is 3. The summed E-state index contributed by atoms with van der Waals surface area (Å²) in [5, 5.41) is 3.43. The zero-order valence-electron chi connectivity index (χ0n) is 9.99. The first-order valence-electron chi connectivity index (χ1n) is 6.22. The van der Waals surface area contributed by atoms with Gasteiger partial charge in [0.2, 0.25) is 0 Å². The first-order valence-corrected chi connectivity index (χ1v) is 6.22. The van der Waals surface area contributed by atoms with Crippen LogP contribution in [0.15, 0.2) is 24.7 Å². The van der Waals surface area contributed by atoms with Crippen molar-refractivity contribution in [1.82, 2.24) is 20.3 Å². The molecule has 3 heterocycles. The van der Waals surface area contributed by atoms with Crippen LogP contribution in [0.5, 0.6) is 0 Å². The van der Waals surface area contributed by atoms with E-state index in [1.165, 1.54) is 25.1 Å². The van der Waals surface area contributed by atoms with Gasteiger partial charge in [-0.15, -0.1) is 0 Å². The van der Waals surface area contributed by atoms with E-state index in [0.29, 0.717) is 0 Å². The lowest BCUT2D eigenvalue weighted by Gasteiger charge is -2.21. The third kappa shape index (κ3) is 2.26. The molecule has 4 nitrogen and oxygen atoms in total. The van der Waals surface area contributed by atoms with Crippen LogP contribution in [-0.2, 0) is 0 Å². The Hall–Kier alpha value is -1.75. The highest BCUT2D eigenvalue weighted by Gasteiger charge is 2.17. The number of nitrogens with one attached hydrogen (secondary N) is 2. The maximum Gasteiger partial charge on any atom is 0.142 e. The molecule has 1 saturated heterocycles. The van der Waals surface area contributed by atoms with Crippen molar-refractivity contribution in [1.29, 1.82) is 0 Å². The SMILES string of the molecule is Fc1cncc(-c2cnc(C3CCCCN3)[nH]2)c1. The smallest absolute Gasteiger partial charge is 0.142 e. The highest BCUT2D eigenvalue weighted by Crippen LogP contribution is 2.23. The predicted octanol–water partition coefficient (Wildman–Crippen LogP) is 2.43. The third-order valence-corrected chi connectivity index (χ3v) is 3.25. The Bertz CT molecular complexity index is 531. The minimum Gasteiger partial charge on any atom is -0.341 e. The van der Waals surface area contributed by atoms with E-state index in [-0.39, 0.29) is 11.9 Å². The number of imidazole rings is 1. The number of nitrogens with zero attached hydrogens (tertiary/aromatic N) is 2. The van der Waals surface area contributed by atoms with Gasteiger partial charge in [-0.05, 0) is 25.5 Å². The van der Waals surface area contributed by atoms with Crippen molar-refractivity contribution in [3.8, 4) is 11.3 Å². The van der Waals surface area contributed by atoms with Gasteiger partial charge in [0.1, 0.15) is 11.6 Å². The molecule has 18 heavy (non-hydrogen) atoms. The largest absolute Gasteiger partial charge is 0.341 e. The van der Waals surface area contributed by atoms with Crippen molar-refractivity contribution in [2.45, 2.75) is 25.3 Å². The van der Waals surface area contributed by atoms with Crippen LogP contribution in [0.4, 0.5) is 4.39 Å². The monoisotopic (exact) mass is 246 g/mol. The summed E-state index contributed by atoms with van der Waals surface area (Å²) in [7, 11) is 0. The maximum atomic E-state index is 13.1. The van der Waals surface area contributed by atoms with Crippen molar-refractivity contribution in [2.75, 3.05) is 6.54 Å². The standard InChI is InChI=1S/C13H15FN4/c14-10-5-9(6-15-7-10)12-8-17-13(18-12)11-3-1-2-4-16-11/h5-8,11,16H,1-4H2,(H,17,18). The number of piperidine rings is 1. The molecule has 0 aliphatic carbocycles. The van der Waals surface area contributed by atoms with Gasteiger partial charge in [-0.3, -0.25) is 4.98 Å². The van der Waals surface area contributed by atoms with Crippen molar-refractivity contribution < 1.29 is 4.39 Å². The quantitative estimate of drug-likeness (QED) is 0.855. The Balaban J connectivity index is 1.84. The molecule has 1 fully saturated rings. The highest BCUT2D eigenvalue weighted by atomic mass is 19.1. The maximum absolute atomic E-state index is 13.1. The van der Waals surface area contributed by atoms with Crippen LogP contribution in [0, 0.1) is 5.82 Å². The third-order valence-electron chi connectivity index (χ3n) is 3.25. The second-order valence-electron chi connectivity index (χ2n) is 4.58. The zero-order chi connectivity index (χ0) is 12.4. The van der Waals surface area contributed by atoms with Crippen molar-refractivity contribution >= 4 is 0 Å². The summed E-state index contributed by atoms with van der Waals surface area (Å²) in [6.07, 6.45) is 8.10. The fraction of sp³-hybridized carbons (Fsp3) is 0.385. The number of halogens is 1. The molecular weight excluding hydrogens is 231 g/mol. The number of hydrogen-bond acceptors (Lipinski definition) is 3. The molecule has 0 spiro atoms. The lowest BCUT2D eigenvalue weighted by molar-refractivity contribution is 0.399. The van der Waals surface area contributed by atoms with E-state index in [2.05, 4.69) is 20.3 Å². The molecule has 0 amide bonds. The minimum atomic E-state index is -0.334. The van der Waals surface area contributed by atoms with E-state index < -0.39 is 0 Å². The van der Waals surface area contributed by atoms with Crippen LogP contribution in [-0.4, -0.2) is 21.5 Å². The lowest BCUT2D eigenvalue weighted by Crippen LogP contribution is -2.27. The van der Waals surface area contributed by atoms with Crippen LogP contribution in [0.3, 0.4) is 0 Å². The van der Waals surface area contributed by atoms with Gasteiger partial charge >= 0.3 is 0 Å². The Morgan fingerprint density at radius 2 is 2.17 bits per heavy atom. The Morgan fingerprint density at radius 3 is 2.94 bits per heavy atom. The number of rotatable bonds is 2. The average Bonchev–Trinajstić information content (AvgIpc) is 2.89. The lowest BCUT2D eigenvalue weighted by atomic mass is 10.0. The van der Waals surface area contributed by atoms with Crippen LogP contribution in [0.1, 0.15) is 31.1 Å². The number of aromatic amines is 1. The molecule has 1 aliphatic rings. The van der Waals surface area contributed by atoms with E-state index in [0.717, 1.165) is 30.0 Å². The van der Waals surface area contributed by atoms with E-state index >= 15 is 0 Å². The fourth-order valence-corrected chi connectivity index (χ4v) is 2.30. The number of pyridine rings is 1. The molecule has 2 aromatic rings. The summed E-state index contributed by atoms with van der Waals surface area (Å²) < 4.78 is 13.1. The molecule has 1 atom stereocenters. The first kappa shape index (κ1) is 11.3. The van der Waals surface area contributed by atoms with Crippen LogP contribution in [0.2, 0.25) is 0 Å². The molecule has 0 saturated carbocycles. The normalized spacial score (nSPS) is 19.9. The van der Waals surface area contributed by atoms with Gasteiger partial charge in [0, 0.05) is 11.8 Å². The molecule has 0 aromatic carbocycles. The van der Waals surface area contributed by atoms with Crippen molar-refractivity contribution in [2.24, 2.45) is 0 Å². The Kier molecular flexibility index (Phi) is 3.06. The Morgan fingerprint density at radius 1 is 1.22 bits per heavy atom. The van der Waals surface area contributed by atoms with Gasteiger partial charge in [0.05, 0.1) is 24.1 Å².